The molecule has 3 aromatic rings. The van der Waals surface area contributed by atoms with Gasteiger partial charge >= 0.3 is 0 Å². The first kappa shape index (κ1) is 11.4. The highest BCUT2D eigenvalue weighted by atomic mass is 31.0. The lowest BCUT2D eigenvalue weighted by atomic mass is 10.0. The van der Waals surface area contributed by atoms with E-state index in [4.69, 9.17) is 0 Å². The van der Waals surface area contributed by atoms with Crippen molar-refractivity contribution in [3.63, 3.8) is 0 Å². The van der Waals surface area contributed by atoms with E-state index in [0.29, 0.717) is 0 Å². The van der Waals surface area contributed by atoms with E-state index in [1.54, 1.807) is 0 Å². The summed E-state index contributed by atoms with van der Waals surface area (Å²) in [6.07, 6.45) is 1.01. The van der Waals surface area contributed by atoms with E-state index in [1.807, 2.05) is 0 Å². The number of rotatable bonds is 2. The van der Waals surface area contributed by atoms with Gasteiger partial charge in [0, 0.05) is 0 Å². The summed E-state index contributed by atoms with van der Waals surface area (Å²) >= 11 is 0. The molecule has 0 fully saturated rings. The predicted molar refractivity (Wildman–Crippen MR) is 82.8 cm³/mol. The van der Waals surface area contributed by atoms with Gasteiger partial charge in [0.15, 0.2) is 0 Å². The van der Waals surface area contributed by atoms with Crippen LogP contribution in [0, 0.1) is 0 Å². The fraction of sp³-hybridized carbons (Fsp3) is 0.0588. The van der Waals surface area contributed by atoms with Gasteiger partial charge in [0.1, 0.15) is 0 Å². The number of fused-ring (bicyclic) bond motifs is 1. The Balaban J connectivity index is 2.12. The monoisotopic (exact) mass is 250 g/mol. The average molecular weight is 250 g/mol. The van der Waals surface area contributed by atoms with Crippen molar-refractivity contribution in [2.75, 3.05) is 0 Å². The third-order valence-electron chi connectivity index (χ3n) is 3.25. The molecule has 0 aromatic heterocycles. The molecule has 0 saturated heterocycles. The first-order valence-corrected chi connectivity index (χ1v) is 6.97. The molecule has 0 bridgehead atoms. The van der Waals surface area contributed by atoms with Gasteiger partial charge in [-0.1, -0.05) is 60.7 Å². The second-order valence-electron chi connectivity index (χ2n) is 4.47. The summed E-state index contributed by atoms with van der Waals surface area (Å²) in [4.78, 5) is 0. The molecule has 0 amide bonds. The van der Waals surface area contributed by atoms with E-state index in [0.717, 1.165) is 6.16 Å². The van der Waals surface area contributed by atoms with Crippen LogP contribution in [0.15, 0.2) is 66.7 Å². The van der Waals surface area contributed by atoms with Crippen LogP contribution < -0.4 is 0 Å². The predicted octanol–water partition coefficient (Wildman–Crippen LogP) is 4.88. The highest BCUT2D eigenvalue weighted by molar-refractivity contribution is 7.15. The van der Waals surface area contributed by atoms with Gasteiger partial charge in [0.05, 0.1) is 0 Å². The summed E-state index contributed by atoms with van der Waals surface area (Å²) < 4.78 is 0. The highest BCUT2D eigenvalue weighted by Gasteiger charge is 2.00. The van der Waals surface area contributed by atoms with Crippen LogP contribution in [-0.2, 0) is 6.16 Å². The molecule has 1 atom stereocenters. The Bertz CT molecular complexity index is 672. The zero-order valence-corrected chi connectivity index (χ0v) is 11.3. The third kappa shape index (κ3) is 2.17. The minimum Gasteiger partial charge on any atom is -0.133 e. The average Bonchev–Trinajstić information content (AvgIpc) is 2.47. The molecule has 0 N–H and O–H groups in total. The van der Waals surface area contributed by atoms with Crippen molar-refractivity contribution in [3.05, 3.63) is 72.3 Å². The largest absolute Gasteiger partial charge is 0.133 e. The van der Waals surface area contributed by atoms with Gasteiger partial charge in [0.2, 0.25) is 0 Å². The number of hydrogen-bond acceptors (Lipinski definition) is 0. The Morgan fingerprint density at radius 3 is 2.17 bits per heavy atom. The van der Waals surface area contributed by atoms with Crippen LogP contribution in [0.4, 0.5) is 0 Å². The van der Waals surface area contributed by atoms with Gasteiger partial charge in [-0.25, -0.2) is 0 Å². The maximum Gasteiger partial charge on any atom is -0.0128 e. The van der Waals surface area contributed by atoms with Crippen molar-refractivity contribution in [2.24, 2.45) is 0 Å². The van der Waals surface area contributed by atoms with Crippen LogP contribution in [0.5, 0.6) is 0 Å². The smallest absolute Gasteiger partial charge is 0.0128 e. The summed E-state index contributed by atoms with van der Waals surface area (Å²) in [5.41, 5.74) is 3.91. The molecular weight excluding hydrogens is 235 g/mol. The van der Waals surface area contributed by atoms with Crippen molar-refractivity contribution >= 4 is 20.0 Å². The summed E-state index contributed by atoms with van der Waals surface area (Å²) in [5, 5.41) is 2.62. The van der Waals surface area contributed by atoms with Crippen LogP contribution in [0.1, 0.15) is 5.56 Å². The lowest BCUT2D eigenvalue weighted by Gasteiger charge is -2.05. The second-order valence-corrected chi connectivity index (χ2v) is 4.87. The van der Waals surface area contributed by atoms with Crippen LogP contribution in [0.3, 0.4) is 0 Å². The van der Waals surface area contributed by atoms with Crippen LogP contribution >= 0.6 is 9.24 Å². The fourth-order valence-corrected chi connectivity index (χ4v) is 2.49. The van der Waals surface area contributed by atoms with E-state index in [1.165, 1.54) is 27.5 Å². The van der Waals surface area contributed by atoms with Gasteiger partial charge in [0.25, 0.3) is 0 Å². The molecule has 0 spiro atoms. The Morgan fingerprint density at radius 2 is 1.39 bits per heavy atom. The Kier molecular flexibility index (Phi) is 3.13. The Hall–Kier alpha value is -1.65. The van der Waals surface area contributed by atoms with E-state index in [2.05, 4.69) is 76.0 Å². The molecule has 88 valence electrons. The molecule has 1 unspecified atom stereocenters. The van der Waals surface area contributed by atoms with Gasteiger partial charge < -0.3 is 0 Å². The molecule has 18 heavy (non-hydrogen) atoms. The quantitative estimate of drug-likeness (QED) is 0.568. The zero-order valence-electron chi connectivity index (χ0n) is 10.1. The summed E-state index contributed by atoms with van der Waals surface area (Å²) in [6, 6.07) is 23.9. The maximum atomic E-state index is 2.77. The minimum absolute atomic E-state index is 1.01. The molecule has 1 heteroatoms. The topological polar surface area (TPSA) is 0 Å². The van der Waals surface area contributed by atoms with Crippen molar-refractivity contribution < 1.29 is 0 Å². The first-order chi connectivity index (χ1) is 8.86. The lowest BCUT2D eigenvalue weighted by molar-refractivity contribution is 1.45. The third-order valence-corrected chi connectivity index (χ3v) is 3.72. The maximum absolute atomic E-state index is 2.77. The van der Waals surface area contributed by atoms with Crippen molar-refractivity contribution in [1.82, 2.24) is 0 Å². The minimum atomic E-state index is 1.01. The zero-order chi connectivity index (χ0) is 12.4. The van der Waals surface area contributed by atoms with E-state index in [9.17, 15) is 0 Å². The van der Waals surface area contributed by atoms with Crippen molar-refractivity contribution in [2.45, 2.75) is 6.16 Å². The molecule has 3 aromatic carbocycles. The normalized spacial score (nSPS) is 10.7. The van der Waals surface area contributed by atoms with Gasteiger partial charge in [-0.05, 0) is 39.7 Å². The second kappa shape index (κ2) is 4.92. The van der Waals surface area contributed by atoms with Gasteiger partial charge in [-0.3, -0.25) is 0 Å². The number of hydrogen-bond donors (Lipinski definition) is 0. The van der Waals surface area contributed by atoms with E-state index in [-0.39, 0.29) is 0 Å². The van der Waals surface area contributed by atoms with Crippen LogP contribution in [-0.4, -0.2) is 0 Å². The Morgan fingerprint density at radius 1 is 0.667 bits per heavy atom. The molecule has 0 saturated carbocycles. The summed E-state index contributed by atoms with van der Waals surface area (Å²) in [5.74, 6) is 0. The van der Waals surface area contributed by atoms with Crippen molar-refractivity contribution in [3.8, 4) is 11.1 Å². The molecule has 3 rings (SSSR count). The highest BCUT2D eigenvalue weighted by Crippen LogP contribution is 2.25. The fourth-order valence-electron chi connectivity index (χ4n) is 2.23. The number of benzene rings is 3. The lowest BCUT2D eigenvalue weighted by Crippen LogP contribution is -1.81. The molecule has 0 heterocycles. The molecular formula is C17H15P. The molecule has 0 radical (unpaired) electrons. The molecule has 0 aliphatic heterocycles. The van der Waals surface area contributed by atoms with E-state index >= 15 is 0 Å². The van der Waals surface area contributed by atoms with Crippen LogP contribution in [0.2, 0.25) is 0 Å². The van der Waals surface area contributed by atoms with Gasteiger partial charge in [-0.2, -0.15) is 0 Å². The molecule has 0 nitrogen and oxygen atoms in total. The van der Waals surface area contributed by atoms with E-state index < -0.39 is 0 Å². The first-order valence-electron chi connectivity index (χ1n) is 6.15. The standard InChI is InChI=1S/C17H15P/c18-12-13-6-7-17-11-16(9-8-15(17)10-13)14-4-2-1-3-5-14/h1-11H,12,18H2. The molecule has 0 aliphatic carbocycles. The molecule has 0 aliphatic rings. The Labute approximate surface area is 110 Å². The van der Waals surface area contributed by atoms with Crippen molar-refractivity contribution in [1.29, 1.82) is 0 Å². The summed E-state index contributed by atoms with van der Waals surface area (Å²) in [6.45, 7) is 0. The summed E-state index contributed by atoms with van der Waals surface area (Å²) in [7, 11) is 2.77. The van der Waals surface area contributed by atoms with Crippen LogP contribution in [0.25, 0.3) is 21.9 Å². The SMILES string of the molecule is PCc1ccc2cc(-c3ccccc3)ccc2c1. The van der Waals surface area contributed by atoms with Gasteiger partial charge in [-0.15, -0.1) is 9.24 Å².